The van der Waals surface area contributed by atoms with E-state index >= 15 is 0 Å². The fraction of sp³-hybridized carbons (Fsp3) is 0.800. The predicted octanol–water partition coefficient (Wildman–Crippen LogP) is 0.980. The van der Waals surface area contributed by atoms with E-state index in [1.807, 2.05) is 13.8 Å². The van der Waals surface area contributed by atoms with Crippen molar-refractivity contribution < 1.29 is 14.7 Å². The molecule has 0 rings (SSSR count). The molecule has 94 valence electrons. The Bertz CT molecular complexity index is 256. The minimum atomic E-state index is -1.04. The maximum atomic E-state index is 11.7. The molecule has 0 radical (unpaired) electrons. The molecule has 1 amide bonds. The first-order chi connectivity index (χ1) is 7.31. The monoisotopic (exact) mass is 250 g/mol. The quantitative estimate of drug-likeness (QED) is 0.614. The van der Waals surface area contributed by atoms with E-state index in [-0.39, 0.29) is 11.8 Å². The van der Waals surface area contributed by atoms with Gasteiger partial charge in [0.15, 0.2) is 0 Å². The molecule has 0 saturated carbocycles. The molecule has 3 N–H and O–H groups in total. The van der Waals surface area contributed by atoms with Crippen LogP contribution in [0.2, 0.25) is 0 Å². The minimum absolute atomic E-state index is 0.0147. The summed E-state index contributed by atoms with van der Waals surface area (Å²) in [5.74, 6) is -1.63. The van der Waals surface area contributed by atoms with Crippen molar-refractivity contribution in [1.82, 2.24) is 10.2 Å². The molecule has 2 atom stereocenters. The summed E-state index contributed by atoms with van der Waals surface area (Å²) < 4.78 is 0. The molecule has 0 bridgehead atoms. The van der Waals surface area contributed by atoms with Gasteiger partial charge in [-0.05, 0) is 23.6 Å². The highest BCUT2D eigenvalue weighted by atomic mass is 35.5. The summed E-state index contributed by atoms with van der Waals surface area (Å²) in [6.07, 6.45) is 0. The normalized spacial score (nSPS) is 14.9. The molecule has 6 heteroatoms. The standard InChI is InChI=1S/C10H19ClN2O3/c1-5(2)7(13-11)9(14)12-8(6(3)4)10(15)16/h5-8,13H,1-4H3,(H,12,14)(H,15,16)/t7-,8-/m0/s1. The summed E-state index contributed by atoms with van der Waals surface area (Å²) in [6, 6.07) is -1.49. The van der Waals surface area contributed by atoms with Crippen LogP contribution in [0.1, 0.15) is 27.7 Å². The lowest BCUT2D eigenvalue weighted by molar-refractivity contribution is -0.143. The Morgan fingerprint density at radius 3 is 1.75 bits per heavy atom. The van der Waals surface area contributed by atoms with Crippen LogP contribution in [0.15, 0.2) is 0 Å². The number of aliphatic carboxylic acids is 1. The fourth-order valence-electron chi connectivity index (χ4n) is 1.23. The van der Waals surface area contributed by atoms with Crippen LogP contribution in [0, 0.1) is 11.8 Å². The van der Waals surface area contributed by atoms with Crippen LogP contribution >= 0.6 is 11.8 Å². The van der Waals surface area contributed by atoms with Crippen LogP contribution in [-0.4, -0.2) is 29.1 Å². The van der Waals surface area contributed by atoms with E-state index in [9.17, 15) is 9.59 Å². The number of halogens is 1. The third-order valence-corrected chi connectivity index (χ3v) is 2.53. The van der Waals surface area contributed by atoms with Gasteiger partial charge in [0.2, 0.25) is 5.91 Å². The second-order valence-electron chi connectivity index (χ2n) is 4.40. The van der Waals surface area contributed by atoms with Gasteiger partial charge in [-0.2, -0.15) is 0 Å². The van der Waals surface area contributed by atoms with Crippen molar-refractivity contribution in [2.75, 3.05) is 0 Å². The summed E-state index contributed by atoms with van der Waals surface area (Å²) in [7, 11) is 0. The van der Waals surface area contributed by atoms with Gasteiger partial charge in [-0.1, -0.05) is 27.7 Å². The largest absolute Gasteiger partial charge is 0.480 e. The van der Waals surface area contributed by atoms with Crippen molar-refractivity contribution in [3.8, 4) is 0 Å². The molecule has 0 spiro atoms. The second kappa shape index (κ2) is 6.70. The van der Waals surface area contributed by atoms with Crippen molar-refractivity contribution in [3.63, 3.8) is 0 Å². The Balaban J connectivity index is 4.56. The van der Waals surface area contributed by atoms with Crippen molar-refractivity contribution in [2.24, 2.45) is 11.8 Å². The number of carboxylic acid groups (broad SMARTS) is 1. The third-order valence-electron chi connectivity index (χ3n) is 2.30. The fourth-order valence-corrected chi connectivity index (χ4v) is 1.59. The maximum absolute atomic E-state index is 11.7. The molecule has 0 aromatic rings. The van der Waals surface area contributed by atoms with Gasteiger partial charge in [0, 0.05) is 0 Å². The highest BCUT2D eigenvalue weighted by Gasteiger charge is 2.28. The molecule has 0 unspecified atom stereocenters. The van der Waals surface area contributed by atoms with Crippen molar-refractivity contribution in [1.29, 1.82) is 0 Å². The van der Waals surface area contributed by atoms with Gasteiger partial charge in [-0.3, -0.25) is 4.79 Å². The molecule has 0 heterocycles. The molecule has 0 aliphatic carbocycles. The summed E-state index contributed by atoms with van der Waals surface area (Å²) in [5.41, 5.74) is 0. The summed E-state index contributed by atoms with van der Waals surface area (Å²) in [4.78, 5) is 25.0. The van der Waals surface area contributed by atoms with Crippen molar-refractivity contribution in [3.05, 3.63) is 0 Å². The van der Waals surface area contributed by atoms with Crippen molar-refractivity contribution in [2.45, 2.75) is 39.8 Å². The summed E-state index contributed by atoms with van der Waals surface area (Å²) >= 11 is 5.44. The van der Waals surface area contributed by atoms with Gasteiger partial charge in [0.1, 0.15) is 12.1 Å². The molecule has 0 aliphatic heterocycles. The molecule has 0 aromatic carbocycles. The average molecular weight is 251 g/mol. The number of carboxylic acids is 1. The van der Waals surface area contributed by atoms with Crippen LogP contribution < -0.4 is 10.2 Å². The Kier molecular flexibility index (Phi) is 6.36. The van der Waals surface area contributed by atoms with Crippen LogP contribution in [-0.2, 0) is 9.59 Å². The number of carbonyl (C=O) groups is 2. The number of amides is 1. The molecule has 0 saturated heterocycles. The van der Waals surface area contributed by atoms with Gasteiger partial charge < -0.3 is 10.4 Å². The lowest BCUT2D eigenvalue weighted by Gasteiger charge is -2.23. The third kappa shape index (κ3) is 4.37. The number of hydrogen-bond acceptors (Lipinski definition) is 3. The average Bonchev–Trinajstić information content (AvgIpc) is 2.13. The molecular weight excluding hydrogens is 232 g/mol. The van der Waals surface area contributed by atoms with E-state index in [1.165, 1.54) is 0 Å². The minimum Gasteiger partial charge on any atom is -0.480 e. The van der Waals surface area contributed by atoms with E-state index in [4.69, 9.17) is 16.9 Å². The van der Waals surface area contributed by atoms with E-state index in [2.05, 4.69) is 10.2 Å². The zero-order valence-corrected chi connectivity index (χ0v) is 10.7. The van der Waals surface area contributed by atoms with Gasteiger partial charge in [0.25, 0.3) is 0 Å². The van der Waals surface area contributed by atoms with E-state index < -0.39 is 24.0 Å². The molecule has 0 aliphatic rings. The zero-order chi connectivity index (χ0) is 12.9. The first-order valence-electron chi connectivity index (χ1n) is 5.20. The predicted molar refractivity (Wildman–Crippen MR) is 62.0 cm³/mol. The number of carbonyl (C=O) groups excluding carboxylic acids is 1. The van der Waals surface area contributed by atoms with E-state index in [1.54, 1.807) is 13.8 Å². The van der Waals surface area contributed by atoms with E-state index in [0.717, 1.165) is 0 Å². The van der Waals surface area contributed by atoms with Crippen LogP contribution in [0.5, 0.6) is 0 Å². The van der Waals surface area contributed by atoms with Gasteiger partial charge >= 0.3 is 5.97 Å². The maximum Gasteiger partial charge on any atom is 0.326 e. The van der Waals surface area contributed by atoms with Crippen LogP contribution in [0.3, 0.4) is 0 Å². The topological polar surface area (TPSA) is 78.4 Å². The number of rotatable bonds is 6. The molecule has 5 nitrogen and oxygen atoms in total. The lowest BCUT2D eigenvalue weighted by Crippen LogP contribution is -2.52. The summed E-state index contributed by atoms with van der Waals surface area (Å²) in [6.45, 7) is 7.12. The highest BCUT2D eigenvalue weighted by Crippen LogP contribution is 2.06. The zero-order valence-electron chi connectivity index (χ0n) is 9.95. The smallest absolute Gasteiger partial charge is 0.326 e. The first-order valence-corrected chi connectivity index (χ1v) is 5.58. The molecule has 0 aromatic heterocycles. The Morgan fingerprint density at radius 1 is 1.06 bits per heavy atom. The number of hydrogen-bond donors (Lipinski definition) is 3. The molecular formula is C10H19ClN2O3. The molecule has 0 fully saturated rings. The SMILES string of the molecule is CC(C)[C@H](NC(=O)[C@@H](NCl)C(C)C)C(=O)O. The Morgan fingerprint density at radius 2 is 1.50 bits per heavy atom. The van der Waals surface area contributed by atoms with Crippen molar-refractivity contribution >= 4 is 23.7 Å². The summed E-state index contributed by atoms with van der Waals surface area (Å²) in [5, 5.41) is 11.4. The number of nitrogens with one attached hydrogen (secondary N) is 2. The van der Waals surface area contributed by atoms with Gasteiger partial charge in [0.05, 0.1) is 0 Å². The van der Waals surface area contributed by atoms with Crippen LogP contribution in [0.4, 0.5) is 0 Å². The Hall–Kier alpha value is -0.810. The van der Waals surface area contributed by atoms with E-state index in [0.29, 0.717) is 0 Å². The van der Waals surface area contributed by atoms with Gasteiger partial charge in [-0.15, -0.1) is 0 Å². The highest BCUT2D eigenvalue weighted by molar-refractivity contribution is 6.15. The second-order valence-corrected chi connectivity index (χ2v) is 4.62. The Labute approximate surface area is 101 Å². The lowest BCUT2D eigenvalue weighted by atomic mass is 10.0. The first kappa shape index (κ1) is 15.2. The van der Waals surface area contributed by atoms with Gasteiger partial charge in [-0.25, -0.2) is 9.63 Å². The molecule has 16 heavy (non-hydrogen) atoms. The van der Waals surface area contributed by atoms with Crippen LogP contribution in [0.25, 0.3) is 0 Å².